The fourth-order valence-corrected chi connectivity index (χ4v) is 2.93. The van der Waals surface area contributed by atoms with E-state index in [9.17, 15) is 0 Å². The molecule has 0 spiro atoms. The molecule has 0 aliphatic carbocycles. The van der Waals surface area contributed by atoms with Crippen LogP contribution in [0.4, 0.5) is 0 Å². The fraction of sp³-hybridized carbons (Fsp3) is 1.00. The number of rotatable bonds is 5. The third-order valence-electron chi connectivity index (χ3n) is 3.80. The first kappa shape index (κ1) is 13.0. The lowest BCUT2D eigenvalue weighted by atomic mass is 9.89. The van der Waals surface area contributed by atoms with Crippen molar-refractivity contribution in [1.82, 2.24) is 4.90 Å². The first-order valence-electron chi connectivity index (χ1n) is 6.63. The highest BCUT2D eigenvalue weighted by Gasteiger charge is 2.27. The van der Waals surface area contributed by atoms with E-state index in [1.807, 2.05) is 0 Å². The van der Waals surface area contributed by atoms with Gasteiger partial charge in [0.2, 0.25) is 0 Å². The van der Waals surface area contributed by atoms with Crippen molar-refractivity contribution in [2.45, 2.75) is 52.5 Å². The van der Waals surface area contributed by atoms with Gasteiger partial charge in [0.15, 0.2) is 0 Å². The molecule has 0 aromatic rings. The molecule has 2 nitrogen and oxygen atoms in total. The topological polar surface area (TPSA) is 29.3 Å². The van der Waals surface area contributed by atoms with Gasteiger partial charge in [0.05, 0.1) is 0 Å². The minimum absolute atomic E-state index is 0.637. The third kappa shape index (κ3) is 3.76. The molecule has 0 bridgehead atoms. The van der Waals surface area contributed by atoms with Gasteiger partial charge in [-0.2, -0.15) is 0 Å². The van der Waals surface area contributed by atoms with Crippen LogP contribution in [0.3, 0.4) is 0 Å². The average molecular weight is 212 g/mol. The van der Waals surface area contributed by atoms with E-state index in [0.717, 1.165) is 18.4 Å². The lowest BCUT2D eigenvalue weighted by molar-refractivity contribution is 0.0898. The zero-order valence-corrected chi connectivity index (χ0v) is 10.7. The molecule has 1 heterocycles. The van der Waals surface area contributed by atoms with Crippen molar-refractivity contribution in [1.29, 1.82) is 0 Å². The minimum Gasteiger partial charge on any atom is -0.329 e. The maximum atomic E-state index is 5.89. The van der Waals surface area contributed by atoms with Gasteiger partial charge in [-0.05, 0) is 37.6 Å². The molecular weight excluding hydrogens is 184 g/mol. The van der Waals surface area contributed by atoms with Gasteiger partial charge in [0.1, 0.15) is 0 Å². The van der Waals surface area contributed by atoms with Crippen LogP contribution in [-0.4, -0.2) is 30.6 Å². The Labute approximate surface area is 95.2 Å². The summed E-state index contributed by atoms with van der Waals surface area (Å²) >= 11 is 0. The van der Waals surface area contributed by atoms with Crippen LogP contribution in [0.1, 0.15) is 46.5 Å². The molecule has 1 rings (SSSR count). The fourth-order valence-electron chi connectivity index (χ4n) is 2.93. The maximum Gasteiger partial charge on any atom is 0.0244 e. The third-order valence-corrected chi connectivity index (χ3v) is 3.80. The van der Waals surface area contributed by atoms with Crippen LogP contribution in [0.5, 0.6) is 0 Å². The van der Waals surface area contributed by atoms with E-state index in [1.54, 1.807) is 0 Å². The van der Waals surface area contributed by atoms with Gasteiger partial charge in [-0.25, -0.2) is 0 Å². The number of piperidine rings is 1. The summed E-state index contributed by atoms with van der Waals surface area (Å²) in [5.74, 6) is 1.62. The first-order valence-corrected chi connectivity index (χ1v) is 6.63. The second kappa shape index (κ2) is 6.49. The van der Waals surface area contributed by atoms with Crippen LogP contribution in [-0.2, 0) is 0 Å². The monoisotopic (exact) mass is 212 g/mol. The molecule has 1 fully saturated rings. The van der Waals surface area contributed by atoms with Crippen LogP contribution >= 0.6 is 0 Å². The van der Waals surface area contributed by atoms with Gasteiger partial charge in [-0.15, -0.1) is 0 Å². The standard InChI is InChI=1S/C13H28N2/c1-4-6-11(2)10-15-8-5-7-12(3)13(15)9-14/h11-13H,4-10,14H2,1-3H3. The van der Waals surface area contributed by atoms with E-state index in [-0.39, 0.29) is 0 Å². The molecule has 0 aromatic heterocycles. The van der Waals surface area contributed by atoms with E-state index in [1.165, 1.54) is 38.8 Å². The summed E-state index contributed by atoms with van der Waals surface area (Å²) in [6.45, 7) is 10.3. The molecule has 3 atom stereocenters. The Morgan fingerprint density at radius 1 is 1.47 bits per heavy atom. The van der Waals surface area contributed by atoms with Crippen molar-refractivity contribution < 1.29 is 0 Å². The van der Waals surface area contributed by atoms with Crippen LogP contribution in [0.25, 0.3) is 0 Å². The van der Waals surface area contributed by atoms with Crippen LogP contribution in [0.15, 0.2) is 0 Å². The Morgan fingerprint density at radius 2 is 2.20 bits per heavy atom. The molecule has 1 saturated heterocycles. The molecule has 90 valence electrons. The summed E-state index contributed by atoms with van der Waals surface area (Å²) in [5, 5.41) is 0. The summed E-state index contributed by atoms with van der Waals surface area (Å²) in [6.07, 6.45) is 5.37. The molecule has 1 aliphatic heterocycles. The number of hydrogen-bond acceptors (Lipinski definition) is 2. The molecule has 0 saturated carbocycles. The van der Waals surface area contributed by atoms with Gasteiger partial charge in [-0.1, -0.05) is 27.2 Å². The van der Waals surface area contributed by atoms with Crippen molar-refractivity contribution in [3.05, 3.63) is 0 Å². The van der Waals surface area contributed by atoms with Gasteiger partial charge < -0.3 is 5.73 Å². The highest BCUT2D eigenvalue weighted by atomic mass is 15.2. The number of nitrogens with two attached hydrogens (primary N) is 1. The smallest absolute Gasteiger partial charge is 0.0244 e. The number of likely N-dealkylation sites (tertiary alicyclic amines) is 1. The minimum atomic E-state index is 0.637. The predicted octanol–water partition coefficient (Wildman–Crippen LogP) is 2.48. The van der Waals surface area contributed by atoms with Crippen molar-refractivity contribution in [2.75, 3.05) is 19.6 Å². The van der Waals surface area contributed by atoms with Crippen molar-refractivity contribution >= 4 is 0 Å². The largest absolute Gasteiger partial charge is 0.329 e. The Hall–Kier alpha value is -0.0800. The normalized spacial score (nSPS) is 30.4. The molecule has 0 amide bonds. The van der Waals surface area contributed by atoms with E-state index in [2.05, 4.69) is 25.7 Å². The zero-order valence-electron chi connectivity index (χ0n) is 10.7. The van der Waals surface area contributed by atoms with Crippen LogP contribution in [0, 0.1) is 11.8 Å². The van der Waals surface area contributed by atoms with E-state index in [0.29, 0.717) is 6.04 Å². The van der Waals surface area contributed by atoms with Crippen LogP contribution in [0.2, 0.25) is 0 Å². The van der Waals surface area contributed by atoms with Crippen molar-refractivity contribution in [3.8, 4) is 0 Å². The zero-order chi connectivity index (χ0) is 11.3. The van der Waals surface area contributed by atoms with Crippen molar-refractivity contribution in [3.63, 3.8) is 0 Å². The molecule has 1 aliphatic rings. The van der Waals surface area contributed by atoms with E-state index in [4.69, 9.17) is 5.73 Å². The van der Waals surface area contributed by atoms with Crippen LogP contribution < -0.4 is 5.73 Å². The first-order chi connectivity index (χ1) is 7.19. The van der Waals surface area contributed by atoms with Gasteiger partial charge >= 0.3 is 0 Å². The Balaban J connectivity index is 2.43. The number of hydrogen-bond donors (Lipinski definition) is 1. The van der Waals surface area contributed by atoms with E-state index < -0.39 is 0 Å². The highest BCUT2D eigenvalue weighted by molar-refractivity contribution is 4.83. The molecule has 0 aromatic carbocycles. The molecule has 3 unspecified atom stereocenters. The molecule has 0 radical (unpaired) electrons. The Morgan fingerprint density at radius 3 is 2.80 bits per heavy atom. The quantitative estimate of drug-likeness (QED) is 0.758. The molecule has 15 heavy (non-hydrogen) atoms. The number of nitrogens with zero attached hydrogens (tertiary/aromatic N) is 1. The second-order valence-electron chi connectivity index (χ2n) is 5.31. The van der Waals surface area contributed by atoms with E-state index >= 15 is 0 Å². The predicted molar refractivity (Wildman–Crippen MR) is 66.9 cm³/mol. The molecular formula is C13H28N2. The van der Waals surface area contributed by atoms with Crippen molar-refractivity contribution in [2.24, 2.45) is 17.6 Å². The lowest BCUT2D eigenvalue weighted by Crippen LogP contribution is -2.49. The lowest BCUT2D eigenvalue weighted by Gasteiger charge is -2.40. The summed E-state index contributed by atoms with van der Waals surface area (Å²) in [5.41, 5.74) is 5.89. The van der Waals surface area contributed by atoms with Gasteiger partial charge in [-0.3, -0.25) is 4.90 Å². The Bertz CT molecular complexity index is 170. The van der Waals surface area contributed by atoms with Gasteiger partial charge in [0, 0.05) is 19.1 Å². The summed E-state index contributed by atoms with van der Waals surface area (Å²) in [4.78, 5) is 2.63. The maximum absolute atomic E-state index is 5.89. The molecule has 2 N–H and O–H groups in total. The summed E-state index contributed by atoms with van der Waals surface area (Å²) in [6, 6.07) is 0.637. The summed E-state index contributed by atoms with van der Waals surface area (Å²) < 4.78 is 0. The SMILES string of the molecule is CCCC(C)CN1CCCC(C)C1CN. The average Bonchev–Trinajstić information content (AvgIpc) is 2.18. The Kier molecular flexibility index (Phi) is 5.62. The second-order valence-corrected chi connectivity index (χ2v) is 5.31. The van der Waals surface area contributed by atoms with Gasteiger partial charge in [0.25, 0.3) is 0 Å². The summed E-state index contributed by atoms with van der Waals surface area (Å²) in [7, 11) is 0. The molecule has 2 heteroatoms. The highest BCUT2D eigenvalue weighted by Crippen LogP contribution is 2.24.